The van der Waals surface area contributed by atoms with Crippen molar-refractivity contribution in [2.75, 3.05) is 20.2 Å². The van der Waals surface area contributed by atoms with Crippen LogP contribution in [0.3, 0.4) is 0 Å². The van der Waals surface area contributed by atoms with Crippen LogP contribution in [-0.4, -0.2) is 25.3 Å². The Balaban J connectivity index is 0. The second-order valence-electron chi connectivity index (χ2n) is 0.827. The molecular weight excluding hydrogens is 146 g/mol. The molecule has 0 saturated heterocycles. The first-order valence-electron chi connectivity index (χ1n) is 1.67. The third kappa shape index (κ3) is 8.83. The summed E-state index contributed by atoms with van der Waals surface area (Å²) in [6, 6.07) is 0. The Bertz CT molecular complexity index is 18.3. The van der Waals surface area contributed by atoms with Crippen molar-refractivity contribution in [1.82, 2.24) is 5.32 Å². The minimum Gasteiger partial charge on any atom is -0.395 e. The molecule has 0 saturated carbocycles. The molecule has 0 fully saturated rings. The van der Waals surface area contributed by atoms with E-state index in [9.17, 15) is 0 Å². The van der Waals surface area contributed by atoms with E-state index in [4.69, 9.17) is 5.11 Å². The van der Waals surface area contributed by atoms with Crippen molar-refractivity contribution in [3.05, 3.63) is 0 Å². The summed E-state index contributed by atoms with van der Waals surface area (Å²) in [4.78, 5) is 0. The van der Waals surface area contributed by atoms with Gasteiger partial charge in [-0.3, -0.25) is 0 Å². The van der Waals surface area contributed by atoms with Gasteiger partial charge < -0.3 is 10.4 Å². The number of hydrogen-bond donors (Lipinski definition) is 2. The van der Waals surface area contributed by atoms with E-state index in [1.165, 1.54) is 0 Å². The molecule has 0 aliphatic carbocycles. The lowest BCUT2D eigenvalue weighted by Crippen LogP contribution is -2.10. The standard InChI is InChI=1S/C3H9NO.BrH/c1-4-2-3-5;/h4-5H,2-3H2,1H3;1H. The Morgan fingerprint density at radius 1 is 1.67 bits per heavy atom. The average Bonchev–Trinajstić information content (AvgIpc) is 1.41. The van der Waals surface area contributed by atoms with Crippen LogP contribution in [0.1, 0.15) is 0 Å². The van der Waals surface area contributed by atoms with Crippen molar-refractivity contribution in [1.29, 1.82) is 0 Å². The van der Waals surface area contributed by atoms with Gasteiger partial charge in [-0.15, -0.1) is 17.0 Å². The Kier molecular flexibility index (Phi) is 14.5. The van der Waals surface area contributed by atoms with Crippen LogP contribution in [0.5, 0.6) is 0 Å². The molecule has 0 spiro atoms. The Hall–Kier alpha value is 0.400. The van der Waals surface area contributed by atoms with Gasteiger partial charge in [0, 0.05) is 6.54 Å². The molecule has 2 N–H and O–H groups in total. The minimum atomic E-state index is 0. The van der Waals surface area contributed by atoms with Crippen LogP contribution in [0.25, 0.3) is 0 Å². The van der Waals surface area contributed by atoms with Gasteiger partial charge >= 0.3 is 0 Å². The molecule has 0 aliphatic heterocycles. The molecule has 0 amide bonds. The molecule has 0 unspecified atom stereocenters. The zero-order chi connectivity index (χ0) is 4.12. The lowest BCUT2D eigenvalue weighted by atomic mass is 10.7. The van der Waals surface area contributed by atoms with E-state index in [0.717, 1.165) is 0 Å². The predicted molar refractivity (Wildman–Crippen MR) is 31.3 cm³/mol. The third-order valence-corrected chi connectivity index (χ3v) is 0.362. The van der Waals surface area contributed by atoms with Crippen LogP contribution in [0, 0.1) is 0 Å². The van der Waals surface area contributed by atoms with Crippen LogP contribution in [-0.2, 0) is 0 Å². The molecule has 0 radical (unpaired) electrons. The van der Waals surface area contributed by atoms with Gasteiger partial charge in [0.1, 0.15) is 0 Å². The van der Waals surface area contributed by atoms with Crippen LogP contribution >= 0.6 is 17.0 Å². The fourth-order valence-electron chi connectivity index (χ4n) is 0.112. The highest BCUT2D eigenvalue weighted by Crippen LogP contribution is 1.42. The van der Waals surface area contributed by atoms with Crippen LogP contribution in [0.2, 0.25) is 0 Å². The van der Waals surface area contributed by atoms with Crippen molar-refractivity contribution in [2.45, 2.75) is 0 Å². The first-order valence-corrected chi connectivity index (χ1v) is 1.67. The van der Waals surface area contributed by atoms with Crippen LogP contribution in [0.4, 0.5) is 0 Å². The molecule has 0 aromatic rings. The van der Waals surface area contributed by atoms with Gasteiger partial charge in [-0.2, -0.15) is 0 Å². The molecule has 6 heavy (non-hydrogen) atoms. The van der Waals surface area contributed by atoms with E-state index in [1.54, 1.807) is 7.05 Å². The molecule has 0 aromatic carbocycles. The smallest absolute Gasteiger partial charge is 0.0555 e. The van der Waals surface area contributed by atoms with E-state index in [-0.39, 0.29) is 23.6 Å². The zero-order valence-electron chi connectivity index (χ0n) is 3.77. The van der Waals surface area contributed by atoms with Gasteiger partial charge in [-0.1, -0.05) is 0 Å². The quantitative estimate of drug-likeness (QED) is 0.579. The number of hydrogen-bond acceptors (Lipinski definition) is 2. The number of halogens is 1. The Morgan fingerprint density at radius 2 is 2.17 bits per heavy atom. The second kappa shape index (κ2) is 9.04. The molecule has 0 aliphatic rings. The highest BCUT2D eigenvalue weighted by Gasteiger charge is 1.65. The molecule has 0 bridgehead atoms. The molecule has 0 heterocycles. The van der Waals surface area contributed by atoms with Gasteiger partial charge in [0.2, 0.25) is 0 Å². The summed E-state index contributed by atoms with van der Waals surface area (Å²) < 4.78 is 0. The topological polar surface area (TPSA) is 32.3 Å². The van der Waals surface area contributed by atoms with E-state index in [1.807, 2.05) is 0 Å². The molecule has 0 aromatic heterocycles. The number of nitrogens with one attached hydrogen (secondary N) is 1. The maximum Gasteiger partial charge on any atom is 0.0555 e. The maximum absolute atomic E-state index is 8.00. The molecule has 3 heteroatoms. The highest BCUT2D eigenvalue weighted by molar-refractivity contribution is 8.93. The Morgan fingerprint density at radius 3 is 2.17 bits per heavy atom. The fraction of sp³-hybridized carbons (Fsp3) is 1.00. The summed E-state index contributed by atoms with van der Waals surface area (Å²) in [5.41, 5.74) is 0. The zero-order valence-corrected chi connectivity index (χ0v) is 5.48. The van der Waals surface area contributed by atoms with Crippen molar-refractivity contribution >= 4 is 17.0 Å². The van der Waals surface area contributed by atoms with E-state index >= 15 is 0 Å². The maximum atomic E-state index is 8.00. The SMILES string of the molecule is Br.CNCCO. The molecule has 0 rings (SSSR count). The molecule has 2 nitrogen and oxygen atoms in total. The van der Waals surface area contributed by atoms with Gasteiger partial charge in [0.05, 0.1) is 6.61 Å². The number of aliphatic hydroxyl groups is 1. The number of rotatable bonds is 2. The second-order valence-corrected chi connectivity index (χ2v) is 0.827. The molecule has 0 atom stereocenters. The summed E-state index contributed by atoms with van der Waals surface area (Å²) in [6.07, 6.45) is 0. The normalized spacial score (nSPS) is 7.00. The van der Waals surface area contributed by atoms with Gasteiger partial charge in [0.15, 0.2) is 0 Å². The van der Waals surface area contributed by atoms with Crippen molar-refractivity contribution in [3.63, 3.8) is 0 Å². The fourth-order valence-corrected chi connectivity index (χ4v) is 0.112. The monoisotopic (exact) mass is 155 g/mol. The van der Waals surface area contributed by atoms with Crippen LogP contribution < -0.4 is 5.32 Å². The van der Waals surface area contributed by atoms with Gasteiger partial charge in [-0.05, 0) is 7.05 Å². The number of likely N-dealkylation sites (N-methyl/N-ethyl adjacent to an activating group) is 1. The van der Waals surface area contributed by atoms with Crippen molar-refractivity contribution in [3.8, 4) is 0 Å². The summed E-state index contributed by atoms with van der Waals surface area (Å²) in [5.74, 6) is 0. The van der Waals surface area contributed by atoms with Crippen molar-refractivity contribution < 1.29 is 5.11 Å². The summed E-state index contributed by atoms with van der Waals surface area (Å²) in [6.45, 7) is 0.927. The summed E-state index contributed by atoms with van der Waals surface area (Å²) in [7, 11) is 1.80. The third-order valence-electron chi connectivity index (χ3n) is 0.362. The van der Waals surface area contributed by atoms with Gasteiger partial charge in [-0.25, -0.2) is 0 Å². The lowest BCUT2D eigenvalue weighted by Gasteiger charge is -1.84. The van der Waals surface area contributed by atoms with Gasteiger partial charge in [0.25, 0.3) is 0 Å². The molecule has 40 valence electrons. The summed E-state index contributed by atoms with van der Waals surface area (Å²) >= 11 is 0. The number of aliphatic hydroxyl groups excluding tert-OH is 1. The first-order chi connectivity index (χ1) is 2.41. The molecular formula is C3H10BrNO. The highest BCUT2D eigenvalue weighted by atomic mass is 79.9. The lowest BCUT2D eigenvalue weighted by molar-refractivity contribution is 0.296. The van der Waals surface area contributed by atoms with Crippen molar-refractivity contribution in [2.24, 2.45) is 0 Å². The Labute approximate surface area is 48.3 Å². The predicted octanol–water partition coefficient (Wildman–Crippen LogP) is -0.224. The van der Waals surface area contributed by atoms with E-state index in [0.29, 0.717) is 6.54 Å². The summed E-state index contributed by atoms with van der Waals surface area (Å²) in [5, 5.41) is 10.8. The van der Waals surface area contributed by atoms with Crippen LogP contribution in [0.15, 0.2) is 0 Å². The average molecular weight is 156 g/mol. The van der Waals surface area contributed by atoms with E-state index < -0.39 is 0 Å². The van der Waals surface area contributed by atoms with E-state index in [2.05, 4.69) is 5.32 Å². The first kappa shape index (κ1) is 9.64. The minimum absolute atomic E-state index is 0. The largest absolute Gasteiger partial charge is 0.395 e.